The van der Waals surface area contributed by atoms with Crippen LogP contribution in [-0.4, -0.2) is 17.7 Å². The first-order valence-electron chi connectivity index (χ1n) is 5.40. The fraction of sp³-hybridized carbons (Fsp3) is 0.818. The van der Waals surface area contributed by atoms with Gasteiger partial charge in [0.2, 0.25) is 0 Å². The van der Waals surface area contributed by atoms with E-state index in [-0.39, 0.29) is 5.92 Å². The van der Waals surface area contributed by atoms with E-state index in [1.54, 1.807) is 0 Å². The molecule has 1 rings (SSSR count). The first-order valence-corrected chi connectivity index (χ1v) is 6.84. The summed E-state index contributed by atoms with van der Waals surface area (Å²) in [6.45, 7) is 7.81. The second-order valence-electron chi connectivity index (χ2n) is 5.04. The Morgan fingerprint density at radius 3 is 2.53 bits per heavy atom. The Morgan fingerprint density at radius 2 is 2.13 bits per heavy atom. The van der Waals surface area contributed by atoms with Gasteiger partial charge in [-0.25, -0.2) is 0 Å². The van der Waals surface area contributed by atoms with Crippen LogP contribution in [0.1, 0.15) is 46.0 Å². The fourth-order valence-electron chi connectivity index (χ4n) is 2.54. The van der Waals surface area contributed by atoms with Gasteiger partial charge < -0.3 is 0 Å². The van der Waals surface area contributed by atoms with E-state index in [1.807, 2.05) is 13.8 Å². The van der Waals surface area contributed by atoms with Crippen molar-refractivity contribution in [2.24, 2.45) is 5.92 Å². The molecular weight excluding hydrogens is 212 g/mol. The summed E-state index contributed by atoms with van der Waals surface area (Å²) in [4.78, 5) is 0. The van der Waals surface area contributed by atoms with Crippen molar-refractivity contribution in [2.75, 3.05) is 0 Å². The molecule has 0 amide bonds. The summed E-state index contributed by atoms with van der Waals surface area (Å²) in [5, 5.41) is 0. The van der Waals surface area contributed by atoms with Crippen LogP contribution in [0, 0.1) is 5.92 Å². The topological polar surface area (TPSA) is 54.4 Å². The molecule has 1 saturated carbocycles. The van der Waals surface area contributed by atoms with Gasteiger partial charge in [0.25, 0.3) is 10.1 Å². The average Bonchev–Trinajstić information content (AvgIpc) is 2.00. The summed E-state index contributed by atoms with van der Waals surface area (Å²) in [7, 11) is -3.98. The monoisotopic (exact) mass is 232 g/mol. The number of hydrogen-bond donors (Lipinski definition) is 1. The Labute approximate surface area is 92.3 Å². The Hall–Kier alpha value is -0.350. The zero-order chi connectivity index (χ0) is 11.7. The molecule has 0 aromatic heterocycles. The highest BCUT2D eigenvalue weighted by atomic mass is 32.2. The van der Waals surface area contributed by atoms with E-state index in [0.717, 1.165) is 18.4 Å². The van der Waals surface area contributed by atoms with Crippen molar-refractivity contribution in [3.05, 3.63) is 12.2 Å². The van der Waals surface area contributed by atoms with Gasteiger partial charge in [-0.15, -0.1) is 0 Å². The van der Waals surface area contributed by atoms with E-state index < -0.39 is 14.9 Å². The number of hydrogen-bond acceptors (Lipinski definition) is 2. The van der Waals surface area contributed by atoms with Crippen LogP contribution in [0.2, 0.25) is 0 Å². The predicted octanol–water partition coefficient (Wildman–Crippen LogP) is 2.79. The highest BCUT2D eigenvalue weighted by molar-refractivity contribution is 7.87. The molecule has 1 unspecified atom stereocenters. The van der Waals surface area contributed by atoms with Crippen molar-refractivity contribution in [1.29, 1.82) is 0 Å². The molecular formula is C11H20O3S. The Morgan fingerprint density at radius 1 is 1.53 bits per heavy atom. The SMILES string of the molecule is C=C1CCCC(CC(C)C)(S(=O)(=O)O)C1. The quantitative estimate of drug-likeness (QED) is 0.601. The third kappa shape index (κ3) is 2.82. The van der Waals surface area contributed by atoms with E-state index >= 15 is 0 Å². The molecule has 0 heterocycles. The smallest absolute Gasteiger partial charge is 0.270 e. The van der Waals surface area contributed by atoms with E-state index in [1.165, 1.54) is 0 Å². The molecule has 0 spiro atoms. The molecule has 0 aromatic rings. The normalized spacial score (nSPS) is 28.4. The molecule has 3 nitrogen and oxygen atoms in total. The zero-order valence-corrected chi connectivity index (χ0v) is 10.3. The molecule has 1 fully saturated rings. The van der Waals surface area contributed by atoms with Crippen LogP contribution in [0.15, 0.2) is 12.2 Å². The predicted molar refractivity (Wildman–Crippen MR) is 61.3 cm³/mol. The van der Waals surface area contributed by atoms with Gasteiger partial charge in [-0.1, -0.05) is 26.0 Å². The minimum atomic E-state index is -3.98. The highest BCUT2D eigenvalue weighted by Crippen LogP contribution is 2.41. The molecule has 1 atom stereocenters. The van der Waals surface area contributed by atoms with Crippen molar-refractivity contribution < 1.29 is 13.0 Å². The summed E-state index contributed by atoms with van der Waals surface area (Å²) in [5.74, 6) is 0.262. The molecule has 0 bridgehead atoms. The van der Waals surface area contributed by atoms with Crippen LogP contribution >= 0.6 is 0 Å². The minimum absolute atomic E-state index is 0.262. The summed E-state index contributed by atoms with van der Waals surface area (Å²) in [5.41, 5.74) is 0.944. The van der Waals surface area contributed by atoms with Crippen LogP contribution in [-0.2, 0) is 10.1 Å². The van der Waals surface area contributed by atoms with Crippen molar-refractivity contribution in [3.8, 4) is 0 Å². The second kappa shape index (κ2) is 4.26. The first kappa shape index (κ1) is 12.7. The van der Waals surface area contributed by atoms with Gasteiger partial charge in [-0.2, -0.15) is 8.42 Å². The molecule has 1 N–H and O–H groups in total. The lowest BCUT2D eigenvalue weighted by atomic mass is 9.80. The van der Waals surface area contributed by atoms with Crippen molar-refractivity contribution in [2.45, 2.75) is 50.7 Å². The maximum atomic E-state index is 11.5. The maximum Gasteiger partial charge on any atom is 0.270 e. The lowest BCUT2D eigenvalue weighted by molar-refractivity contribution is 0.330. The average molecular weight is 232 g/mol. The van der Waals surface area contributed by atoms with Gasteiger partial charge in [0.15, 0.2) is 0 Å². The Balaban J connectivity index is 3.01. The third-order valence-corrected chi connectivity index (χ3v) is 4.67. The van der Waals surface area contributed by atoms with Gasteiger partial charge in [0, 0.05) is 0 Å². The van der Waals surface area contributed by atoms with E-state index in [2.05, 4.69) is 6.58 Å². The van der Waals surface area contributed by atoms with Gasteiger partial charge in [-0.05, 0) is 38.0 Å². The molecule has 4 heteroatoms. The van der Waals surface area contributed by atoms with E-state index in [4.69, 9.17) is 0 Å². The van der Waals surface area contributed by atoms with Gasteiger partial charge in [0.05, 0.1) is 0 Å². The van der Waals surface area contributed by atoms with Gasteiger partial charge in [-0.3, -0.25) is 4.55 Å². The van der Waals surface area contributed by atoms with E-state index in [9.17, 15) is 13.0 Å². The fourth-order valence-corrected chi connectivity index (χ4v) is 3.87. The van der Waals surface area contributed by atoms with Crippen molar-refractivity contribution in [3.63, 3.8) is 0 Å². The Kier molecular flexibility index (Phi) is 3.61. The third-order valence-electron chi connectivity index (χ3n) is 3.06. The van der Waals surface area contributed by atoms with E-state index in [0.29, 0.717) is 19.3 Å². The van der Waals surface area contributed by atoms with Crippen molar-refractivity contribution in [1.82, 2.24) is 0 Å². The molecule has 0 radical (unpaired) electrons. The van der Waals surface area contributed by atoms with Gasteiger partial charge >= 0.3 is 0 Å². The molecule has 15 heavy (non-hydrogen) atoms. The van der Waals surface area contributed by atoms with Crippen LogP contribution in [0.25, 0.3) is 0 Å². The summed E-state index contributed by atoms with van der Waals surface area (Å²) >= 11 is 0. The highest BCUT2D eigenvalue weighted by Gasteiger charge is 2.44. The van der Waals surface area contributed by atoms with Crippen LogP contribution in [0.5, 0.6) is 0 Å². The number of rotatable bonds is 3. The Bertz CT molecular complexity index is 343. The summed E-state index contributed by atoms with van der Waals surface area (Å²) in [6, 6.07) is 0. The largest absolute Gasteiger partial charge is 0.285 e. The molecule has 0 saturated heterocycles. The lowest BCUT2D eigenvalue weighted by Crippen LogP contribution is -2.42. The molecule has 0 aliphatic heterocycles. The second-order valence-corrected chi connectivity index (χ2v) is 6.85. The zero-order valence-electron chi connectivity index (χ0n) is 9.49. The van der Waals surface area contributed by atoms with Crippen molar-refractivity contribution >= 4 is 10.1 Å². The molecule has 1 aliphatic rings. The standard InChI is InChI=1S/C11H20O3S/c1-9(2)7-11(15(12,13)14)6-4-5-10(3)8-11/h9H,3-8H2,1-2H3,(H,12,13,14). The number of allylic oxidation sites excluding steroid dienone is 1. The van der Waals surface area contributed by atoms with Crippen LogP contribution < -0.4 is 0 Å². The maximum absolute atomic E-state index is 11.5. The molecule has 88 valence electrons. The molecule has 0 aromatic carbocycles. The van der Waals surface area contributed by atoms with Gasteiger partial charge in [0.1, 0.15) is 4.75 Å². The van der Waals surface area contributed by atoms with Crippen LogP contribution in [0.4, 0.5) is 0 Å². The summed E-state index contributed by atoms with van der Waals surface area (Å²) < 4.78 is 31.4. The van der Waals surface area contributed by atoms with Crippen LogP contribution in [0.3, 0.4) is 0 Å². The minimum Gasteiger partial charge on any atom is -0.285 e. The first-order chi connectivity index (χ1) is 6.77. The molecule has 1 aliphatic carbocycles. The summed E-state index contributed by atoms with van der Waals surface area (Å²) in [6.07, 6.45) is 3.19. The lowest BCUT2D eigenvalue weighted by Gasteiger charge is -2.36.